The summed E-state index contributed by atoms with van der Waals surface area (Å²) in [5.41, 5.74) is 4.00. The molecule has 3 saturated heterocycles. The molecule has 10 nitrogen and oxygen atoms in total. The summed E-state index contributed by atoms with van der Waals surface area (Å²) >= 11 is 0. The Balaban J connectivity index is 1.12. The van der Waals surface area contributed by atoms with Gasteiger partial charge < -0.3 is 29.3 Å². The second-order valence-corrected chi connectivity index (χ2v) is 12.4. The number of nitrogens with zero attached hydrogens (tertiary/aromatic N) is 5. The van der Waals surface area contributed by atoms with Crippen LogP contribution in [0.5, 0.6) is 5.75 Å². The molecule has 1 N–H and O–H groups in total. The number of likely N-dealkylation sites (tertiary alicyclic amines) is 2. The number of fused-ring (bicyclic) bond motifs is 2. The number of piperidine rings is 1. The quantitative estimate of drug-likeness (QED) is 0.595. The molecule has 0 radical (unpaired) electrons. The highest BCUT2D eigenvalue weighted by Gasteiger charge is 2.35. The number of aryl methyl sites for hydroxylation is 1. The van der Waals surface area contributed by atoms with E-state index in [4.69, 9.17) is 14.2 Å². The summed E-state index contributed by atoms with van der Waals surface area (Å²) in [7, 11) is 0. The van der Waals surface area contributed by atoms with E-state index < -0.39 is 5.60 Å². The summed E-state index contributed by atoms with van der Waals surface area (Å²) in [6.45, 7) is 15.0. The molecule has 1 unspecified atom stereocenters. The van der Waals surface area contributed by atoms with Crippen LogP contribution in [0.3, 0.4) is 0 Å². The van der Waals surface area contributed by atoms with Gasteiger partial charge in [-0.2, -0.15) is 0 Å². The van der Waals surface area contributed by atoms with Gasteiger partial charge in [-0.1, -0.05) is 6.07 Å². The first kappa shape index (κ1) is 27.1. The Morgan fingerprint density at radius 2 is 1.82 bits per heavy atom. The Morgan fingerprint density at radius 1 is 1.05 bits per heavy atom. The number of morpholine rings is 1. The van der Waals surface area contributed by atoms with E-state index in [0.717, 1.165) is 92.7 Å². The van der Waals surface area contributed by atoms with Crippen molar-refractivity contribution in [1.82, 2.24) is 19.8 Å². The van der Waals surface area contributed by atoms with Crippen LogP contribution in [0.2, 0.25) is 0 Å². The molecule has 10 heteroatoms. The smallest absolute Gasteiger partial charge is 0.410 e. The number of anilines is 3. The Kier molecular flexibility index (Phi) is 7.48. The maximum absolute atomic E-state index is 12.5. The molecule has 1 amide bonds. The molecule has 4 aliphatic rings. The van der Waals surface area contributed by atoms with Crippen LogP contribution in [0.15, 0.2) is 18.5 Å². The van der Waals surface area contributed by atoms with Gasteiger partial charge in [0, 0.05) is 32.2 Å². The maximum atomic E-state index is 12.5. The van der Waals surface area contributed by atoms with Gasteiger partial charge in [-0.15, -0.1) is 0 Å². The van der Waals surface area contributed by atoms with E-state index >= 15 is 0 Å². The highest BCUT2D eigenvalue weighted by atomic mass is 16.6. The van der Waals surface area contributed by atoms with E-state index in [2.05, 4.69) is 44.1 Å². The number of aromatic nitrogens is 2. The van der Waals surface area contributed by atoms with E-state index in [1.165, 1.54) is 5.56 Å². The molecule has 3 fully saturated rings. The third kappa shape index (κ3) is 5.69. The third-order valence-electron chi connectivity index (χ3n) is 8.48. The molecule has 40 heavy (non-hydrogen) atoms. The normalized spacial score (nSPS) is 22.1. The first-order chi connectivity index (χ1) is 19.2. The Morgan fingerprint density at radius 3 is 2.58 bits per heavy atom. The summed E-state index contributed by atoms with van der Waals surface area (Å²) in [5.74, 6) is 3.12. The lowest BCUT2D eigenvalue weighted by molar-refractivity contribution is 0.0276. The molecule has 0 saturated carbocycles. The predicted octanol–water partition coefficient (Wildman–Crippen LogP) is 4.45. The number of rotatable bonds is 3. The van der Waals surface area contributed by atoms with Crippen molar-refractivity contribution < 1.29 is 19.0 Å². The molecule has 2 aromatic rings. The Hall–Kier alpha value is -3.11. The Bertz CT molecular complexity index is 1230. The molecule has 5 heterocycles. The number of ether oxygens (including phenoxy) is 3. The van der Waals surface area contributed by atoms with Crippen molar-refractivity contribution in [3.63, 3.8) is 0 Å². The van der Waals surface area contributed by atoms with Crippen LogP contribution >= 0.6 is 0 Å². The maximum Gasteiger partial charge on any atom is 0.410 e. The van der Waals surface area contributed by atoms with Crippen molar-refractivity contribution >= 4 is 23.4 Å². The van der Waals surface area contributed by atoms with E-state index in [1.807, 2.05) is 25.7 Å². The number of benzene rings is 1. The zero-order chi connectivity index (χ0) is 27.9. The predicted molar refractivity (Wildman–Crippen MR) is 154 cm³/mol. The lowest BCUT2D eigenvalue weighted by Gasteiger charge is -2.36. The SMILES string of the molecule is Cc1cc(C2CCN(C3CCN(C(=O)OC(C)(C)C)C3)CC2)cc2c1OCc1c(ncnc1N1CCOCC1)N2. The van der Waals surface area contributed by atoms with Crippen molar-refractivity contribution in [2.24, 2.45) is 0 Å². The van der Waals surface area contributed by atoms with Crippen LogP contribution in [-0.4, -0.2) is 90.0 Å². The van der Waals surface area contributed by atoms with E-state index in [0.29, 0.717) is 31.8 Å². The van der Waals surface area contributed by atoms with Crippen LogP contribution in [0, 0.1) is 6.92 Å². The minimum atomic E-state index is -0.459. The zero-order valence-electron chi connectivity index (χ0n) is 24.2. The van der Waals surface area contributed by atoms with Gasteiger partial charge in [0.2, 0.25) is 0 Å². The molecule has 4 aliphatic heterocycles. The number of carbonyl (C=O) groups is 1. The van der Waals surface area contributed by atoms with Crippen LogP contribution in [-0.2, 0) is 16.1 Å². The van der Waals surface area contributed by atoms with Gasteiger partial charge in [-0.3, -0.25) is 4.90 Å². The molecule has 0 aliphatic carbocycles. The van der Waals surface area contributed by atoms with Crippen molar-refractivity contribution in [2.45, 2.75) is 71.1 Å². The molecule has 1 aromatic heterocycles. The van der Waals surface area contributed by atoms with Gasteiger partial charge in [0.15, 0.2) is 0 Å². The topological polar surface area (TPSA) is 92.3 Å². The average Bonchev–Trinajstić information content (AvgIpc) is 3.35. The molecule has 0 spiro atoms. The molecular formula is C30H42N6O4. The van der Waals surface area contributed by atoms with Gasteiger partial charge in [-0.05, 0) is 83.2 Å². The van der Waals surface area contributed by atoms with Gasteiger partial charge in [0.1, 0.15) is 35.9 Å². The molecule has 216 valence electrons. The van der Waals surface area contributed by atoms with Crippen molar-refractivity contribution in [3.8, 4) is 5.75 Å². The number of nitrogens with one attached hydrogen (secondary N) is 1. The van der Waals surface area contributed by atoms with Gasteiger partial charge in [-0.25, -0.2) is 14.8 Å². The largest absolute Gasteiger partial charge is 0.486 e. The fourth-order valence-electron chi connectivity index (χ4n) is 6.42. The number of hydrogen-bond donors (Lipinski definition) is 1. The second kappa shape index (κ2) is 11.0. The van der Waals surface area contributed by atoms with E-state index in [1.54, 1.807) is 6.33 Å². The molecular weight excluding hydrogens is 508 g/mol. The molecule has 1 atom stereocenters. The van der Waals surface area contributed by atoms with Gasteiger partial charge in [0.05, 0.1) is 24.5 Å². The monoisotopic (exact) mass is 550 g/mol. The summed E-state index contributed by atoms with van der Waals surface area (Å²) in [4.78, 5) is 28.4. The highest BCUT2D eigenvalue weighted by Crippen LogP contribution is 2.41. The van der Waals surface area contributed by atoms with Crippen molar-refractivity contribution in [2.75, 3.05) is 62.7 Å². The minimum Gasteiger partial charge on any atom is -0.486 e. The molecule has 1 aromatic carbocycles. The number of hydrogen-bond acceptors (Lipinski definition) is 9. The van der Waals surface area contributed by atoms with Gasteiger partial charge >= 0.3 is 6.09 Å². The summed E-state index contributed by atoms with van der Waals surface area (Å²) < 4.78 is 17.5. The van der Waals surface area contributed by atoms with Crippen LogP contribution in [0.25, 0.3) is 0 Å². The van der Waals surface area contributed by atoms with Crippen molar-refractivity contribution in [1.29, 1.82) is 0 Å². The summed E-state index contributed by atoms with van der Waals surface area (Å²) in [6.07, 6.45) is 4.66. The standard InChI is InChI=1S/C30H42N6O4/c1-20-15-22(21-5-8-34(9-6-21)23-7-10-36(17-23)29(37)40-30(2,3)4)16-25-26(20)39-18-24-27(33-25)31-19-32-28(24)35-11-13-38-14-12-35/h15-16,19,21,23H,5-14,17-18H2,1-4H3,(H,31,32,33). The average molecular weight is 551 g/mol. The summed E-state index contributed by atoms with van der Waals surface area (Å²) in [5, 5.41) is 3.59. The van der Waals surface area contributed by atoms with Crippen LogP contribution in [0.1, 0.15) is 62.6 Å². The molecule has 0 bridgehead atoms. The fourth-order valence-corrected chi connectivity index (χ4v) is 6.42. The van der Waals surface area contributed by atoms with Crippen molar-refractivity contribution in [3.05, 3.63) is 35.2 Å². The molecule has 6 rings (SSSR count). The fraction of sp³-hybridized carbons (Fsp3) is 0.633. The first-order valence-corrected chi connectivity index (χ1v) is 14.7. The van der Waals surface area contributed by atoms with E-state index in [-0.39, 0.29) is 6.09 Å². The van der Waals surface area contributed by atoms with Gasteiger partial charge in [0.25, 0.3) is 0 Å². The first-order valence-electron chi connectivity index (χ1n) is 14.7. The number of amides is 1. The van der Waals surface area contributed by atoms with E-state index in [9.17, 15) is 4.79 Å². The van der Waals surface area contributed by atoms with Crippen LogP contribution in [0.4, 0.5) is 22.1 Å². The minimum absolute atomic E-state index is 0.191. The lowest BCUT2D eigenvalue weighted by atomic mass is 9.87. The highest BCUT2D eigenvalue weighted by molar-refractivity contribution is 5.73. The second-order valence-electron chi connectivity index (χ2n) is 12.4. The Labute approximate surface area is 237 Å². The van der Waals surface area contributed by atoms with Crippen LogP contribution < -0.4 is 15.0 Å². The lowest BCUT2D eigenvalue weighted by Crippen LogP contribution is -2.43. The third-order valence-corrected chi connectivity index (χ3v) is 8.48. The zero-order valence-corrected chi connectivity index (χ0v) is 24.2. The summed E-state index contributed by atoms with van der Waals surface area (Å²) in [6, 6.07) is 4.97. The number of carbonyl (C=O) groups excluding carboxylic acids is 1.